The van der Waals surface area contributed by atoms with E-state index in [0.717, 1.165) is 26.1 Å². The van der Waals surface area contributed by atoms with E-state index in [0.29, 0.717) is 32.0 Å². The van der Waals surface area contributed by atoms with Crippen LogP contribution in [0.1, 0.15) is 26.7 Å². The Balaban J connectivity index is 0.000000194. The maximum atomic E-state index is 10.0. The van der Waals surface area contributed by atoms with Crippen LogP contribution in [0.5, 0.6) is 0 Å². The van der Waals surface area contributed by atoms with Gasteiger partial charge in [0.05, 0.1) is 26.4 Å². The summed E-state index contributed by atoms with van der Waals surface area (Å²) in [6.45, 7) is 7.31. The first-order valence-electron chi connectivity index (χ1n) is 7.47. The molecule has 3 aliphatic rings. The Hall–Kier alpha value is -0.890. The van der Waals surface area contributed by atoms with Gasteiger partial charge in [0.2, 0.25) is 0 Å². The zero-order valence-electron chi connectivity index (χ0n) is 12.6. The lowest BCUT2D eigenvalue weighted by Gasteiger charge is -2.16. The Morgan fingerprint density at radius 3 is 2.00 bits per heavy atom. The lowest BCUT2D eigenvalue weighted by molar-refractivity contribution is -0.150. The summed E-state index contributed by atoms with van der Waals surface area (Å²) < 4.78 is 30.2. The van der Waals surface area contributed by atoms with Gasteiger partial charge in [-0.3, -0.25) is 0 Å². The zero-order valence-corrected chi connectivity index (χ0v) is 12.6. The van der Waals surface area contributed by atoms with E-state index in [1.54, 1.807) is 6.92 Å². The molecule has 3 saturated heterocycles. The Kier molecular flexibility index (Phi) is 6.69. The molecule has 0 saturated carbocycles. The first-order valence-corrected chi connectivity index (χ1v) is 7.47. The summed E-state index contributed by atoms with van der Waals surface area (Å²) in [6.07, 6.45) is 1.97. The largest absolute Gasteiger partial charge is 0.508 e. The number of hydrogen-bond acceptors (Lipinski definition) is 7. The fourth-order valence-corrected chi connectivity index (χ4v) is 1.63. The van der Waals surface area contributed by atoms with Crippen LogP contribution in [0.15, 0.2) is 0 Å². The minimum absolute atomic E-state index is 0.0486. The van der Waals surface area contributed by atoms with E-state index in [9.17, 15) is 4.79 Å². The van der Waals surface area contributed by atoms with E-state index in [-0.39, 0.29) is 12.4 Å². The van der Waals surface area contributed by atoms with Crippen molar-refractivity contribution in [2.45, 2.75) is 51.3 Å². The minimum Gasteiger partial charge on any atom is -0.430 e. The molecule has 0 bridgehead atoms. The SMILES string of the molecule is CC1COC(=O)O1.CCCC(OCC1CO1)OCC1CO1. The molecule has 3 rings (SSSR count). The third-order valence-electron chi connectivity index (χ3n) is 3.00. The molecule has 3 aliphatic heterocycles. The van der Waals surface area contributed by atoms with Crippen molar-refractivity contribution in [2.24, 2.45) is 0 Å². The van der Waals surface area contributed by atoms with E-state index in [2.05, 4.69) is 16.4 Å². The van der Waals surface area contributed by atoms with Gasteiger partial charge in [0.25, 0.3) is 0 Å². The van der Waals surface area contributed by atoms with Crippen molar-refractivity contribution in [3.8, 4) is 0 Å². The Bertz CT molecular complexity index is 298. The third-order valence-corrected chi connectivity index (χ3v) is 3.00. The van der Waals surface area contributed by atoms with Gasteiger partial charge < -0.3 is 28.4 Å². The zero-order chi connectivity index (χ0) is 15.1. The van der Waals surface area contributed by atoms with Crippen LogP contribution in [-0.4, -0.2) is 63.8 Å². The summed E-state index contributed by atoms with van der Waals surface area (Å²) in [6, 6.07) is 0. The second-order valence-corrected chi connectivity index (χ2v) is 5.29. The molecule has 0 radical (unpaired) electrons. The average molecular weight is 304 g/mol. The highest BCUT2D eigenvalue weighted by atomic mass is 16.8. The predicted molar refractivity (Wildman–Crippen MR) is 72.0 cm³/mol. The van der Waals surface area contributed by atoms with E-state index < -0.39 is 6.16 Å². The van der Waals surface area contributed by atoms with E-state index in [1.807, 2.05) is 0 Å². The standard InChI is InChI=1S/C10H18O4.C4H6O3/c1-2-3-10(13-6-8-4-11-8)14-7-9-5-12-9;1-3-2-6-4(5)7-3/h8-10H,2-7H2,1H3;3H,2H2,1H3. The maximum absolute atomic E-state index is 10.0. The Morgan fingerprint density at radius 1 is 1.14 bits per heavy atom. The van der Waals surface area contributed by atoms with Crippen molar-refractivity contribution in [3.05, 3.63) is 0 Å². The van der Waals surface area contributed by atoms with Gasteiger partial charge in [0.15, 0.2) is 6.29 Å². The molecule has 0 amide bonds. The number of hydrogen-bond donors (Lipinski definition) is 0. The third kappa shape index (κ3) is 7.61. The lowest BCUT2D eigenvalue weighted by Crippen LogP contribution is -2.21. The summed E-state index contributed by atoms with van der Waals surface area (Å²) in [5, 5.41) is 0. The second kappa shape index (κ2) is 8.53. The quantitative estimate of drug-likeness (QED) is 0.382. The lowest BCUT2D eigenvalue weighted by atomic mass is 10.3. The molecule has 0 N–H and O–H groups in total. The molecule has 7 nitrogen and oxygen atoms in total. The van der Waals surface area contributed by atoms with Crippen LogP contribution in [0.25, 0.3) is 0 Å². The van der Waals surface area contributed by atoms with E-state index in [4.69, 9.17) is 18.9 Å². The van der Waals surface area contributed by atoms with Gasteiger partial charge in [-0.1, -0.05) is 13.3 Å². The molecule has 0 aliphatic carbocycles. The van der Waals surface area contributed by atoms with Crippen molar-refractivity contribution in [3.63, 3.8) is 0 Å². The second-order valence-electron chi connectivity index (χ2n) is 5.29. The molecular formula is C14H24O7. The monoisotopic (exact) mass is 304 g/mol. The number of cyclic esters (lactones) is 2. The molecule has 3 atom stereocenters. The van der Waals surface area contributed by atoms with Crippen molar-refractivity contribution in [1.29, 1.82) is 0 Å². The molecule has 21 heavy (non-hydrogen) atoms. The topological polar surface area (TPSA) is 79.1 Å². The molecule has 7 heteroatoms. The van der Waals surface area contributed by atoms with Crippen molar-refractivity contribution < 1.29 is 33.2 Å². The minimum atomic E-state index is -0.549. The normalized spacial score (nSPS) is 30.8. The molecule has 3 fully saturated rings. The maximum Gasteiger partial charge on any atom is 0.508 e. The van der Waals surface area contributed by atoms with Crippen molar-refractivity contribution in [2.75, 3.05) is 33.0 Å². The number of carbonyl (C=O) groups excluding carboxylic acids is 1. The van der Waals surface area contributed by atoms with Crippen LogP contribution < -0.4 is 0 Å². The summed E-state index contributed by atoms with van der Waals surface area (Å²) >= 11 is 0. The molecule has 3 unspecified atom stereocenters. The van der Waals surface area contributed by atoms with Gasteiger partial charge >= 0.3 is 6.16 Å². The Morgan fingerprint density at radius 2 is 1.71 bits per heavy atom. The smallest absolute Gasteiger partial charge is 0.430 e. The molecule has 0 aromatic heterocycles. The number of epoxide rings is 2. The summed E-state index contributed by atoms with van der Waals surface area (Å²) in [4.78, 5) is 10.0. The van der Waals surface area contributed by atoms with Crippen LogP contribution in [0.3, 0.4) is 0 Å². The van der Waals surface area contributed by atoms with Gasteiger partial charge in [-0.05, 0) is 13.3 Å². The highest BCUT2D eigenvalue weighted by Gasteiger charge is 2.27. The van der Waals surface area contributed by atoms with Gasteiger partial charge in [-0.2, -0.15) is 0 Å². The van der Waals surface area contributed by atoms with E-state index >= 15 is 0 Å². The van der Waals surface area contributed by atoms with Crippen molar-refractivity contribution >= 4 is 6.16 Å². The highest BCUT2D eigenvalue weighted by molar-refractivity contribution is 5.61. The summed E-state index contributed by atoms with van der Waals surface area (Å²) in [7, 11) is 0. The molecular weight excluding hydrogens is 280 g/mol. The fraction of sp³-hybridized carbons (Fsp3) is 0.929. The van der Waals surface area contributed by atoms with Crippen LogP contribution in [0.2, 0.25) is 0 Å². The van der Waals surface area contributed by atoms with Crippen LogP contribution in [0, 0.1) is 0 Å². The molecule has 0 spiro atoms. The first kappa shape index (κ1) is 16.5. The molecule has 0 aromatic rings. The van der Waals surface area contributed by atoms with Crippen LogP contribution in [0.4, 0.5) is 4.79 Å². The number of ether oxygens (including phenoxy) is 6. The molecule has 122 valence electrons. The number of rotatable bonds is 8. The van der Waals surface area contributed by atoms with Crippen molar-refractivity contribution in [1.82, 2.24) is 0 Å². The summed E-state index contributed by atoms with van der Waals surface area (Å²) in [5.74, 6) is 0. The van der Waals surface area contributed by atoms with E-state index in [1.165, 1.54) is 0 Å². The molecule has 3 heterocycles. The fourth-order valence-electron chi connectivity index (χ4n) is 1.63. The van der Waals surface area contributed by atoms with Crippen LogP contribution >= 0.6 is 0 Å². The highest BCUT2D eigenvalue weighted by Crippen LogP contribution is 2.15. The van der Waals surface area contributed by atoms with Gasteiger partial charge in [-0.15, -0.1) is 0 Å². The van der Waals surface area contributed by atoms with Gasteiger partial charge in [-0.25, -0.2) is 4.79 Å². The van der Waals surface area contributed by atoms with Crippen LogP contribution in [-0.2, 0) is 28.4 Å². The number of carbonyl (C=O) groups is 1. The molecule has 0 aromatic carbocycles. The summed E-state index contributed by atoms with van der Waals surface area (Å²) in [5.41, 5.74) is 0. The Labute approximate surface area is 124 Å². The average Bonchev–Trinajstić information content (AvgIpc) is 3.36. The predicted octanol–water partition coefficient (Wildman–Crippen LogP) is 1.49. The van der Waals surface area contributed by atoms with Gasteiger partial charge in [0.1, 0.15) is 24.9 Å². The first-order chi connectivity index (χ1) is 10.2. The van der Waals surface area contributed by atoms with Gasteiger partial charge in [0, 0.05) is 0 Å².